The predicted octanol–water partition coefficient (Wildman–Crippen LogP) is -1.45. The standard InChI is InChI=1S/C9H14N6O6/c1-5(16)21-14-7(17)6(12-9(14)18)3-2-4-13(8(10)11)15(19)20/h6H,2-4H2,1H3,(H3,10,11)(H,12,18)/t6-/m0/s1. The van der Waals surface area contributed by atoms with Crippen LogP contribution in [0, 0.1) is 15.5 Å². The lowest BCUT2D eigenvalue weighted by Gasteiger charge is -2.13. The van der Waals surface area contributed by atoms with Crippen LogP contribution in [0.4, 0.5) is 4.79 Å². The number of nitrogens with zero attached hydrogens (tertiary/aromatic N) is 3. The Bertz CT molecular complexity index is 479. The van der Waals surface area contributed by atoms with Crippen molar-refractivity contribution < 1.29 is 24.3 Å². The van der Waals surface area contributed by atoms with Gasteiger partial charge >= 0.3 is 12.0 Å². The third kappa shape index (κ3) is 4.02. The zero-order chi connectivity index (χ0) is 16.2. The van der Waals surface area contributed by atoms with Crippen LogP contribution in [0.15, 0.2) is 0 Å². The summed E-state index contributed by atoms with van der Waals surface area (Å²) in [6.45, 7) is 0.839. The van der Waals surface area contributed by atoms with Crippen molar-refractivity contribution >= 4 is 23.9 Å². The van der Waals surface area contributed by atoms with Crippen molar-refractivity contribution in [2.24, 2.45) is 5.73 Å². The number of hydroxylamine groups is 2. The minimum atomic E-state index is -0.947. The zero-order valence-electron chi connectivity index (χ0n) is 11.1. The van der Waals surface area contributed by atoms with E-state index in [0.717, 1.165) is 6.92 Å². The van der Waals surface area contributed by atoms with Gasteiger partial charge in [0.1, 0.15) is 6.04 Å². The van der Waals surface area contributed by atoms with Crippen LogP contribution in [-0.2, 0) is 14.4 Å². The summed E-state index contributed by atoms with van der Waals surface area (Å²) in [6.07, 6.45) is 0.186. The second-order valence-corrected chi connectivity index (χ2v) is 4.11. The van der Waals surface area contributed by atoms with Gasteiger partial charge < -0.3 is 15.9 Å². The number of nitro groups is 1. The van der Waals surface area contributed by atoms with Crippen molar-refractivity contribution in [2.45, 2.75) is 25.8 Å². The highest BCUT2D eigenvalue weighted by molar-refractivity contribution is 6.03. The van der Waals surface area contributed by atoms with Crippen LogP contribution >= 0.6 is 0 Å². The van der Waals surface area contributed by atoms with Crippen molar-refractivity contribution in [1.29, 1.82) is 5.41 Å². The molecule has 0 aromatic carbocycles. The molecule has 1 fully saturated rings. The van der Waals surface area contributed by atoms with Gasteiger partial charge in [-0.15, -0.1) is 0 Å². The number of rotatable bonds is 6. The number of carbonyl (C=O) groups excluding carboxylic acids is 3. The third-order valence-electron chi connectivity index (χ3n) is 2.54. The summed E-state index contributed by atoms with van der Waals surface area (Å²) in [5, 5.41) is 19.7. The van der Waals surface area contributed by atoms with E-state index in [1.165, 1.54) is 0 Å². The zero-order valence-corrected chi connectivity index (χ0v) is 11.1. The molecule has 3 amide bonds. The Morgan fingerprint density at radius 1 is 1.62 bits per heavy atom. The van der Waals surface area contributed by atoms with Crippen LogP contribution < -0.4 is 11.1 Å². The van der Waals surface area contributed by atoms with E-state index >= 15 is 0 Å². The molecule has 12 heteroatoms. The molecule has 116 valence electrons. The summed E-state index contributed by atoms with van der Waals surface area (Å²) >= 11 is 0. The molecule has 1 saturated heterocycles. The quantitative estimate of drug-likeness (QED) is 0.176. The maximum Gasteiger partial charge on any atom is 0.359 e. The summed E-state index contributed by atoms with van der Waals surface area (Å²) in [6, 6.07) is -1.82. The average molecular weight is 302 g/mol. The fourth-order valence-corrected chi connectivity index (χ4v) is 1.66. The summed E-state index contributed by atoms with van der Waals surface area (Å²) in [4.78, 5) is 48.9. The Labute approximate surface area is 118 Å². The summed E-state index contributed by atoms with van der Waals surface area (Å²) in [7, 11) is 0. The molecule has 4 N–H and O–H groups in total. The Morgan fingerprint density at radius 3 is 2.71 bits per heavy atom. The van der Waals surface area contributed by atoms with Gasteiger partial charge in [0.15, 0.2) is 5.03 Å². The summed E-state index contributed by atoms with van der Waals surface area (Å²) in [5.74, 6) is -2.32. The van der Waals surface area contributed by atoms with Crippen molar-refractivity contribution in [3.63, 3.8) is 0 Å². The molecule has 0 radical (unpaired) electrons. The number of imide groups is 1. The fourth-order valence-electron chi connectivity index (χ4n) is 1.66. The smallest absolute Gasteiger partial charge is 0.359 e. The van der Waals surface area contributed by atoms with Crippen LogP contribution in [0.2, 0.25) is 0 Å². The molecule has 1 heterocycles. The molecule has 0 aliphatic carbocycles. The second kappa shape index (κ2) is 6.49. The van der Waals surface area contributed by atoms with E-state index in [-0.39, 0.29) is 19.4 Å². The molecule has 0 bridgehead atoms. The number of guanidine groups is 1. The number of amides is 3. The topological polar surface area (TPSA) is 172 Å². The van der Waals surface area contributed by atoms with Crippen LogP contribution in [0.5, 0.6) is 0 Å². The van der Waals surface area contributed by atoms with E-state index in [4.69, 9.17) is 11.1 Å². The van der Waals surface area contributed by atoms with Crippen LogP contribution in [0.25, 0.3) is 0 Å². The lowest BCUT2D eigenvalue weighted by Crippen LogP contribution is -2.42. The van der Waals surface area contributed by atoms with Crippen LogP contribution in [0.3, 0.4) is 0 Å². The lowest BCUT2D eigenvalue weighted by atomic mass is 10.1. The highest BCUT2D eigenvalue weighted by Crippen LogP contribution is 2.12. The molecule has 1 aliphatic rings. The minimum absolute atomic E-state index is 0.0694. The van der Waals surface area contributed by atoms with E-state index in [0.29, 0.717) is 10.1 Å². The summed E-state index contributed by atoms with van der Waals surface area (Å²) < 4.78 is 0. The average Bonchev–Trinajstić information content (AvgIpc) is 2.61. The van der Waals surface area contributed by atoms with Crippen molar-refractivity contribution in [1.82, 2.24) is 15.4 Å². The van der Waals surface area contributed by atoms with E-state index in [1.807, 2.05) is 0 Å². The number of nitrogens with two attached hydrogens (primary N) is 1. The SMILES string of the molecule is CC(=O)ON1C(=O)N[C@@H](CCCN(C(=N)N)[N+](=O)[O-])C1=O. The maximum absolute atomic E-state index is 11.7. The molecule has 0 unspecified atom stereocenters. The minimum Gasteiger partial charge on any atom is -0.365 e. The van der Waals surface area contributed by atoms with Crippen molar-refractivity contribution in [2.75, 3.05) is 6.54 Å². The van der Waals surface area contributed by atoms with Gasteiger partial charge in [-0.2, -0.15) is 0 Å². The molecule has 0 spiro atoms. The molecular formula is C9H14N6O6. The Balaban J connectivity index is 2.52. The maximum atomic E-state index is 11.7. The third-order valence-corrected chi connectivity index (χ3v) is 2.54. The van der Waals surface area contributed by atoms with Crippen molar-refractivity contribution in [3.8, 4) is 0 Å². The van der Waals surface area contributed by atoms with Gasteiger partial charge in [0.25, 0.3) is 11.9 Å². The van der Waals surface area contributed by atoms with Crippen LogP contribution in [-0.4, -0.2) is 51.6 Å². The number of carbonyl (C=O) groups is 3. The van der Waals surface area contributed by atoms with Gasteiger partial charge in [-0.05, 0) is 12.8 Å². The second-order valence-electron chi connectivity index (χ2n) is 4.11. The fraction of sp³-hybridized carbons (Fsp3) is 0.556. The molecule has 0 saturated carbocycles. The lowest BCUT2D eigenvalue weighted by molar-refractivity contribution is -0.629. The van der Waals surface area contributed by atoms with E-state index in [2.05, 4.69) is 10.2 Å². The molecular weight excluding hydrogens is 288 g/mol. The molecule has 1 atom stereocenters. The van der Waals surface area contributed by atoms with Crippen molar-refractivity contribution in [3.05, 3.63) is 10.1 Å². The van der Waals surface area contributed by atoms with E-state index in [1.54, 1.807) is 0 Å². The van der Waals surface area contributed by atoms with Gasteiger partial charge in [0, 0.05) is 6.92 Å². The number of urea groups is 1. The normalized spacial score (nSPS) is 17.4. The molecule has 0 aromatic heterocycles. The highest BCUT2D eigenvalue weighted by Gasteiger charge is 2.40. The molecule has 21 heavy (non-hydrogen) atoms. The monoisotopic (exact) mass is 302 g/mol. The number of hydrogen-bond donors (Lipinski definition) is 3. The van der Waals surface area contributed by atoms with Gasteiger partial charge in [0.2, 0.25) is 0 Å². The molecule has 0 aromatic rings. The molecule has 1 rings (SSSR count). The number of hydrogen-bond acceptors (Lipinski definition) is 7. The Hall–Kier alpha value is -2.92. The predicted molar refractivity (Wildman–Crippen MR) is 65.8 cm³/mol. The number of nitrogens with one attached hydrogen (secondary N) is 2. The van der Waals surface area contributed by atoms with Gasteiger partial charge in [-0.1, -0.05) is 10.1 Å². The van der Waals surface area contributed by atoms with Gasteiger partial charge in [-0.3, -0.25) is 10.2 Å². The van der Waals surface area contributed by atoms with E-state index < -0.39 is 34.9 Å². The van der Waals surface area contributed by atoms with Crippen LogP contribution in [0.1, 0.15) is 19.8 Å². The highest BCUT2D eigenvalue weighted by atomic mass is 16.7. The first-order valence-electron chi connectivity index (χ1n) is 5.83. The van der Waals surface area contributed by atoms with Gasteiger partial charge in [-0.25, -0.2) is 19.7 Å². The van der Waals surface area contributed by atoms with Gasteiger partial charge in [0.05, 0.1) is 6.54 Å². The molecule has 12 nitrogen and oxygen atoms in total. The largest absolute Gasteiger partial charge is 0.365 e. The first kappa shape index (κ1) is 16.1. The first-order chi connectivity index (χ1) is 9.73. The number of hydrazine groups is 1. The van der Waals surface area contributed by atoms with E-state index in [9.17, 15) is 24.5 Å². The summed E-state index contributed by atoms with van der Waals surface area (Å²) in [5.41, 5.74) is 5.02. The Morgan fingerprint density at radius 2 is 2.24 bits per heavy atom. The first-order valence-corrected chi connectivity index (χ1v) is 5.83. The Kier molecular flexibility index (Phi) is 4.99. The molecule has 1 aliphatic heterocycles.